The number of benzene rings is 1. The van der Waals surface area contributed by atoms with E-state index < -0.39 is 17.2 Å². The number of anilines is 2. The highest BCUT2D eigenvalue weighted by molar-refractivity contribution is 7.23. The molecule has 0 bridgehead atoms. The first-order chi connectivity index (χ1) is 19.3. The standard InChI is InChI=1S/C28H27F2N7O2S/c1-28(38)3-6-36(7-4-28)14-2-5-37(11-14)27-34-9-16-17-12-39-13-18(17)20(22(30)23(16)35-27)24-21-15(8-31)26(32)40-25(21)19(29)10-33-24/h9-10,14,38H,2-7,11-13,32H2,1H3/t14-/m1/s1. The number of rotatable bonds is 3. The molecule has 0 spiro atoms. The molecular weight excluding hydrogens is 536 g/mol. The summed E-state index contributed by atoms with van der Waals surface area (Å²) in [6, 6.07) is 2.35. The van der Waals surface area contributed by atoms with Gasteiger partial charge in [-0.05, 0) is 37.3 Å². The summed E-state index contributed by atoms with van der Waals surface area (Å²) >= 11 is 0.949. The Hall–Kier alpha value is -3.50. The van der Waals surface area contributed by atoms with E-state index in [9.17, 15) is 14.8 Å². The van der Waals surface area contributed by atoms with Crippen molar-refractivity contribution in [3.05, 3.63) is 40.7 Å². The lowest BCUT2D eigenvalue weighted by molar-refractivity contribution is -0.0142. The average molecular weight is 564 g/mol. The first-order valence-electron chi connectivity index (χ1n) is 13.3. The number of aromatic nitrogens is 3. The number of piperidine rings is 1. The highest BCUT2D eigenvalue weighted by atomic mass is 32.1. The molecule has 2 saturated heterocycles. The molecule has 7 rings (SSSR count). The van der Waals surface area contributed by atoms with Gasteiger partial charge in [0.1, 0.15) is 16.6 Å². The molecule has 2 fully saturated rings. The Morgan fingerprint density at radius 3 is 2.73 bits per heavy atom. The number of ether oxygens (including phenoxy) is 1. The summed E-state index contributed by atoms with van der Waals surface area (Å²) in [5.41, 5.74) is 7.32. The molecule has 1 atom stereocenters. The van der Waals surface area contributed by atoms with Crippen molar-refractivity contribution in [2.24, 2.45) is 0 Å². The Morgan fingerprint density at radius 2 is 1.95 bits per heavy atom. The Bertz CT molecular complexity index is 1720. The lowest BCUT2D eigenvalue weighted by atomic mass is 9.93. The van der Waals surface area contributed by atoms with Gasteiger partial charge in [-0.3, -0.25) is 9.88 Å². The third-order valence-electron chi connectivity index (χ3n) is 8.57. The van der Waals surface area contributed by atoms with E-state index in [0.717, 1.165) is 68.5 Å². The van der Waals surface area contributed by atoms with Crippen molar-refractivity contribution in [2.45, 2.75) is 51.0 Å². The van der Waals surface area contributed by atoms with E-state index in [1.807, 2.05) is 13.0 Å². The van der Waals surface area contributed by atoms with E-state index in [2.05, 4.69) is 19.8 Å². The van der Waals surface area contributed by atoms with Gasteiger partial charge in [0.15, 0.2) is 11.6 Å². The summed E-state index contributed by atoms with van der Waals surface area (Å²) < 4.78 is 37.1. The molecule has 40 heavy (non-hydrogen) atoms. The SMILES string of the molecule is CC1(O)CCN([C@@H]2CCN(c3ncc4c5c(c(-c6ncc(F)c7sc(N)c(C#N)c67)c(F)c4n3)COC5)C2)CC1. The minimum absolute atomic E-state index is 0.0832. The minimum atomic E-state index is -0.614. The Kier molecular flexibility index (Phi) is 5.90. The van der Waals surface area contributed by atoms with Crippen LogP contribution in [-0.2, 0) is 18.0 Å². The molecule has 1 aromatic carbocycles. The fraction of sp³-hybridized carbons (Fsp3) is 0.429. The van der Waals surface area contributed by atoms with Crippen molar-refractivity contribution in [1.82, 2.24) is 19.9 Å². The van der Waals surface area contributed by atoms with E-state index >= 15 is 4.39 Å². The maximum atomic E-state index is 16.5. The number of aliphatic hydroxyl groups is 1. The Balaban J connectivity index is 1.32. The first-order valence-corrected chi connectivity index (χ1v) is 14.1. The van der Waals surface area contributed by atoms with Crippen LogP contribution in [0.5, 0.6) is 0 Å². The minimum Gasteiger partial charge on any atom is -0.390 e. The smallest absolute Gasteiger partial charge is 0.226 e. The number of hydrogen-bond acceptors (Lipinski definition) is 10. The molecule has 4 aromatic rings. The monoisotopic (exact) mass is 563 g/mol. The molecule has 3 N–H and O–H groups in total. The van der Waals surface area contributed by atoms with Crippen LogP contribution < -0.4 is 10.6 Å². The second-order valence-electron chi connectivity index (χ2n) is 11.1. The third kappa shape index (κ3) is 3.91. The zero-order chi connectivity index (χ0) is 27.8. The van der Waals surface area contributed by atoms with Crippen molar-refractivity contribution in [2.75, 3.05) is 36.8 Å². The van der Waals surface area contributed by atoms with Gasteiger partial charge in [0.2, 0.25) is 5.95 Å². The van der Waals surface area contributed by atoms with Crippen molar-refractivity contribution in [3.63, 3.8) is 0 Å². The molecule has 9 nitrogen and oxygen atoms in total. The van der Waals surface area contributed by atoms with Crippen LogP contribution in [0.15, 0.2) is 12.4 Å². The molecule has 0 amide bonds. The molecule has 3 aromatic heterocycles. The number of thiophene rings is 1. The number of hydrogen-bond donors (Lipinski definition) is 2. The van der Waals surface area contributed by atoms with E-state index in [4.69, 9.17) is 15.5 Å². The lowest BCUT2D eigenvalue weighted by Gasteiger charge is -2.38. The number of likely N-dealkylation sites (tertiary alicyclic amines) is 1. The molecule has 0 radical (unpaired) electrons. The predicted molar refractivity (Wildman–Crippen MR) is 148 cm³/mol. The summed E-state index contributed by atoms with van der Waals surface area (Å²) in [5.74, 6) is -0.778. The van der Waals surface area contributed by atoms with Crippen molar-refractivity contribution < 1.29 is 18.6 Å². The topological polar surface area (TPSA) is 124 Å². The number of nitrogens with zero attached hydrogens (tertiary/aromatic N) is 6. The molecule has 3 aliphatic heterocycles. The predicted octanol–water partition coefficient (Wildman–Crippen LogP) is 4.09. The summed E-state index contributed by atoms with van der Waals surface area (Å²) in [7, 11) is 0. The van der Waals surface area contributed by atoms with Crippen LogP contribution in [0.4, 0.5) is 19.7 Å². The molecule has 206 valence electrons. The van der Waals surface area contributed by atoms with Crippen LogP contribution in [0.25, 0.3) is 32.2 Å². The fourth-order valence-electron chi connectivity index (χ4n) is 6.28. The van der Waals surface area contributed by atoms with Crippen LogP contribution in [-0.4, -0.2) is 62.8 Å². The van der Waals surface area contributed by atoms with Gasteiger partial charge in [-0.25, -0.2) is 18.7 Å². The first kappa shape index (κ1) is 25.5. The van der Waals surface area contributed by atoms with Gasteiger partial charge in [0, 0.05) is 54.8 Å². The van der Waals surface area contributed by atoms with Crippen LogP contribution in [0.1, 0.15) is 42.9 Å². The molecule has 0 unspecified atom stereocenters. The zero-order valence-electron chi connectivity index (χ0n) is 21.9. The number of halogens is 2. The van der Waals surface area contributed by atoms with Crippen LogP contribution in [0, 0.1) is 23.0 Å². The zero-order valence-corrected chi connectivity index (χ0v) is 22.7. The molecule has 6 heterocycles. The highest BCUT2D eigenvalue weighted by Gasteiger charge is 2.35. The molecule has 3 aliphatic rings. The largest absolute Gasteiger partial charge is 0.390 e. The number of nitrogen functional groups attached to an aromatic ring is 1. The normalized spacial score (nSPS) is 20.9. The van der Waals surface area contributed by atoms with Gasteiger partial charge in [-0.2, -0.15) is 5.26 Å². The van der Waals surface area contributed by atoms with Gasteiger partial charge in [0.25, 0.3) is 0 Å². The van der Waals surface area contributed by atoms with Gasteiger partial charge < -0.3 is 20.5 Å². The maximum Gasteiger partial charge on any atom is 0.226 e. The average Bonchev–Trinajstić information content (AvgIpc) is 3.69. The number of fused-ring (bicyclic) bond motifs is 4. The molecule has 12 heteroatoms. The summed E-state index contributed by atoms with van der Waals surface area (Å²) in [4.78, 5) is 18.1. The van der Waals surface area contributed by atoms with E-state index in [1.165, 1.54) is 0 Å². The Labute approximate surface area is 232 Å². The fourth-order valence-corrected chi connectivity index (χ4v) is 7.20. The number of pyridine rings is 1. The van der Waals surface area contributed by atoms with Gasteiger partial charge in [-0.15, -0.1) is 11.3 Å². The summed E-state index contributed by atoms with van der Waals surface area (Å²) in [6.07, 6.45) is 5.11. The van der Waals surface area contributed by atoms with E-state index in [1.54, 1.807) is 6.20 Å². The highest BCUT2D eigenvalue weighted by Crippen LogP contribution is 2.45. The van der Waals surface area contributed by atoms with Crippen LogP contribution in [0.3, 0.4) is 0 Å². The summed E-state index contributed by atoms with van der Waals surface area (Å²) in [5, 5.41) is 21.0. The second kappa shape index (κ2) is 9.27. The second-order valence-corrected chi connectivity index (χ2v) is 12.2. The molecular formula is C28H27F2N7O2S. The quantitative estimate of drug-likeness (QED) is 0.379. The van der Waals surface area contributed by atoms with E-state index in [-0.39, 0.29) is 50.6 Å². The van der Waals surface area contributed by atoms with Crippen LogP contribution in [0.2, 0.25) is 0 Å². The number of nitriles is 1. The van der Waals surface area contributed by atoms with Gasteiger partial charge in [0.05, 0.1) is 41.0 Å². The summed E-state index contributed by atoms with van der Waals surface area (Å²) in [6.45, 7) is 5.43. The van der Waals surface area contributed by atoms with Crippen molar-refractivity contribution in [1.29, 1.82) is 5.26 Å². The van der Waals surface area contributed by atoms with Gasteiger partial charge >= 0.3 is 0 Å². The van der Waals surface area contributed by atoms with Crippen molar-refractivity contribution >= 4 is 43.3 Å². The maximum absolute atomic E-state index is 16.5. The van der Waals surface area contributed by atoms with Crippen molar-refractivity contribution in [3.8, 4) is 17.3 Å². The third-order valence-corrected chi connectivity index (χ3v) is 9.60. The van der Waals surface area contributed by atoms with E-state index in [0.29, 0.717) is 22.9 Å². The Morgan fingerprint density at radius 1 is 1.18 bits per heavy atom. The lowest BCUT2D eigenvalue weighted by Crippen LogP contribution is -2.47. The molecule has 0 aliphatic carbocycles. The van der Waals surface area contributed by atoms with Crippen LogP contribution >= 0.6 is 11.3 Å². The van der Waals surface area contributed by atoms with Gasteiger partial charge in [-0.1, -0.05) is 0 Å². The number of nitrogens with two attached hydrogens (primary N) is 1. The molecule has 0 saturated carbocycles.